The van der Waals surface area contributed by atoms with Gasteiger partial charge in [0.25, 0.3) is 0 Å². The van der Waals surface area contributed by atoms with E-state index in [9.17, 15) is 13.2 Å². The van der Waals surface area contributed by atoms with E-state index in [1.165, 1.54) is 6.07 Å². The van der Waals surface area contributed by atoms with E-state index in [1.54, 1.807) is 0 Å². The summed E-state index contributed by atoms with van der Waals surface area (Å²) in [5.74, 6) is -0.866. The molecule has 0 aliphatic heterocycles. The molecule has 0 aromatic carbocycles. The molecule has 0 fully saturated rings. The smallest absolute Gasteiger partial charge is 0.400 e. The first-order valence-corrected chi connectivity index (χ1v) is 4.42. The van der Waals surface area contributed by atoms with Gasteiger partial charge in [-0.05, 0) is 6.07 Å². The molecule has 0 radical (unpaired) electrons. The third kappa shape index (κ3) is 2.90. The van der Waals surface area contributed by atoms with E-state index in [1.807, 2.05) is 0 Å². The average molecular weight is 252 g/mol. The summed E-state index contributed by atoms with van der Waals surface area (Å²) >= 11 is 5.42. The monoisotopic (exact) mass is 251 g/mol. The van der Waals surface area contributed by atoms with Gasteiger partial charge in [-0.25, -0.2) is 4.98 Å². The quantitative estimate of drug-likeness (QED) is 0.818. The van der Waals surface area contributed by atoms with E-state index in [4.69, 9.17) is 22.6 Å². The zero-order valence-corrected chi connectivity index (χ0v) is 8.43. The standard InChI is InChI=1S/C8H5ClF3N3O/c9-2-4-1-5(14)7(6(3-13)15-4)16-8(10,11)12/h1H,2H2,(H2,14,15). The van der Waals surface area contributed by atoms with Crippen LogP contribution in [-0.2, 0) is 5.88 Å². The Morgan fingerprint density at radius 3 is 2.62 bits per heavy atom. The van der Waals surface area contributed by atoms with Gasteiger partial charge in [-0.1, -0.05) is 0 Å². The summed E-state index contributed by atoms with van der Waals surface area (Å²) in [5, 5.41) is 8.60. The Bertz CT molecular complexity index is 441. The van der Waals surface area contributed by atoms with Gasteiger partial charge in [0.15, 0.2) is 11.4 Å². The number of alkyl halides is 4. The number of anilines is 1. The van der Waals surface area contributed by atoms with Crippen LogP contribution in [0.1, 0.15) is 11.4 Å². The van der Waals surface area contributed by atoms with Crippen molar-refractivity contribution in [2.75, 3.05) is 5.73 Å². The van der Waals surface area contributed by atoms with Crippen molar-refractivity contribution in [2.24, 2.45) is 0 Å². The van der Waals surface area contributed by atoms with Crippen LogP contribution >= 0.6 is 11.6 Å². The molecule has 1 heterocycles. The largest absolute Gasteiger partial charge is 0.573 e. The minimum atomic E-state index is -4.93. The molecule has 1 rings (SSSR count). The number of nitrogen functional groups attached to an aromatic ring is 1. The zero-order chi connectivity index (χ0) is 12.3. The van der Waals surface area contributed by atoms with Crippen LogP contribution in [0.4, 0.5) is 18.9 Å². The lowest BCUT2D eigenvalue weighted by atomic mass is 10.2. The number of nitriles is 1. The molecule has 0 aliphatic rings. The lowest BCUT2D eigenvalue weighted by molar-refractivity contribution is -0.274. The van der Waals surface area contributed by atoms with Crippen molar-refractivity contribution in [1.82, 2.24) is 4.98 Å². The Labute approximate surface area is 93.4 Å². The van der Waals surface area contributed by atoms with Gasteiger partial charge in [0.2, 0.25) is 0 Å². The first kappa shape index (κ1) is 12.4. The highest BCUT2D eigenvalue weighted by molar-refractivity contribution is 6.16. The maximum Gasteiger partial charge on any atom is 0.573 e. The topological polar surface area (TPSA) is 71.9 Å². The lowest BCUT2D eigenvalue weighted by Crippen LogP contribution is -2.19. The molecule has 16 heavy (non-hydrogen) atoms. The molecule has 0 atom stereocenters. The van der Waals surface area contributed by atoms with E-state index in [-0.39, 0.29) is 17.3 Å². The van der Waals surface area contributed by atoms with Crippen LogP contribution in [0.25, 0.3) is 0 Å². The Morgan fingerprint density at radius 1 is 1.56 bits per heavy atom. The number of nitrogens with two attached hydrogens (primary N) is 1. The number of ether oxygens (including phenoxy) is 1. The second kappa shape index (κ2) is 4.45. The molecular formula is C8H5ClF3N3O. The summed E-state index contributed by atoms with van der Waals surface area (Å²) in [6.07, 6.45) is -4.93. The van der Waals surface area contributed by atoms with Crippen molar-refractivity contribution in [3.05, 3.63) is 17.5 Å². The van der Waals surface area contributed by atoms with Gasteiger partial charge in [0.1, 0.15) is 6.07 Å². The molecule has 0 saturated heterocycles. The van der Waals surface area contributed by atoms with Crippen LogP contribution in [0.2, 0.25) is 0 Å². The maximum absolute atomic E-state index is 12.0. The number of hydrogen-bond donors (Lipinski definition) is 1. The van der Waals surface area contributed by atoms with Crippen LogP contribution in [0.5, 0.6) is 5.75 Å². The molecule has 1 aromatic rings. The highest BCUT2D eigenvalue weighted by Gasteiger charge is 2.33. The molecule has 2 N–H and O–H groups in total. The molecular weight excluding hydrogens is 247 g/mol. The highest BCUT2D eigenvalue weighted by Crippen LogP contribution is 2.31. The predicted molar refractivity (Wildman–Crippen MR) is 49.6 cm³/mol. The molecule has 0 bridgehead atoms. The maximum atomic E-state index is 12.0. The van der Waals surface area contributed by atoms with Gasteiger partial charge in [-0.3, -0.25) is 0 Å². The third-order valence-electron chi connectivity index (χ3n) is 1.52. The van der Waals surface area contributed by atoms with Crippen molar-refractivity contribution in [1.29, 1.82) is 5.26 Å². The van der Waals surface area contributed by atoms with E-state index < -0.39 is 17.8 Å². The van der Waals surface area contributed by atoms with E-state index in [0.29, 0.717) is 0 Å². The number of hydrogen-bond acceptors (Lipinski definition) is 4. The second-order valence-corrected chi connectivity index (χ2v) is 2.94. The van der Waals surface area contributed by atoms with Crippen LogP contribution in [0.15, 0.2) is 6.07 Å². The normalized spacial score (nSPS) is 10.9. The van der Waals surface area contributed by atoms with Crippen LogP contribution in [0.3, 0.4) is 0 Å². The third-order valence-corrected chi connectivity index (χ3v) is 1.79. The fourth-order valence-electron chi connectivity index (χ4n) is 0.976. The van der Waals surface area contributed by atoms with Gasteiger partial charge in [0, 0.05) is 0 Å². The Kier molecular flexibility index (Phi) is 3.44. The first-order chi connectivity index (χ1) is 7.37. The van der Waals surface area contributed by atoms with Gasteiger partial charge in [0.05, 0.1) is 17.3 Å². The summed E-state index contributed by atoms with van der Waals surface area (Å²) < 4.78 is 39.5. The first-order valence-electron chi connectivity index (χ1n) is 3.88. The molecule has 0 aliphatic carbocycles. The Morgan fingerprint density at radius 2 is 2.19 bits per heavy atom. The van der Waals surface area contributed by atoms with Gasteiger partial charge >= 0.3 is 6.36 Å². The van der Waals surface area contributed by atoms with Crippen LogP contribution in [0, 0.1) is 11.3 Å². The fourth-order valence-corrected chi connectivity index (χ4v) is 1.11. The molecule has 86 valence electrons. The van der Waals surface area contributed by atoms with Crippen LogP contribution < -0.4 is 10.5 Å². The number of pyridine rings is 1. The molecule has 4 nitrogen and oxygen atoms in total. The van der Waals surface area contributed by atoms with Gasteiger partial charge in [-0.15, -0.1) is 24.8 Å². The van der Waals surface area contributed by atoms with Crippen molar-refractivity contribution in [3.8, 4) is 11.8 Å². The van der Waals surface area contributed by atoms with Crippen LogP contribution in [-0.4, -0.2) is 11.3 Å². The SMILES string of the molecule is N#Cc1nc(CCl)cc(N)c1OC(F)(F)F. The summed E-state index contributed by atoms with van der Waals surface area (Å²) in [7, 11) is 0. The molecule has 8 heteroatoms. The Hall–Kier alpha value is -1.68. The molecule has 0 spiro atoms. The molecule has 0 unspecified atom stereocenters. The number of aromatic nitrogens is 1. The van der Waals surface area contributed by atoms with E-state index in [2.05, 4.69) is 9.72 Å². The highest BCUT2D eigenvalue weighted by atomic mass is 35.5. The zero-order valence-electron chi connectivity index (χ0n) is 7.68. The minimum absolute atomic E-state index is 0.0643. The van der Waals surface area contributed by atoms with Crippen molar-refractivity contribution < 1.29 is 17.9 Å². The van der Waals surface area contributed by atoms with E-state index >= 15 is 0 Å². The minimum Gasteiger partial charge on any atom is -0.400 e. The van der Waals surface area contributed by atoms with Crippen molar-refractivity contribution in [2.45, 2.75) is 12.2 Å². The molecule has 0 saturated carbocycles. The summed E-state index contributed by atoms with van der Waals surface area (Å²) in [6.45, 7) is 0. The summed E-state index contributed by atoms with van der Waals surface area (Å²) in [5.41, 5.74) is 4.62. The van der Waals surface area contributed by atoms with Crippen molar-refractivity contribution in [3.63, 3.8) is 0 Å². The van der Waals surface area contributed by atoms with Gasteiger partial charge in [-0.2, -0.15) is 5.26 Å². The number of rotatable bonds is 2. The second-order valence-electron chi connectivity index (χ2n) is 2.67. The van der Waals surface area contributed by atoms with Gasteiger partial charge < -0.3 is 10.5 Å². The number of halogens is 4. The average Bonchev–Trinajstić information content (AvgIpc) is 2.19. The fraction of sp³-hybridized carbons (Fsp3) is 0.250. The molecule has 1 aromatic heterocycles. The lowest BCUT2D eigenvalue weighted by Gasteiger charge is -2.12. The summed E-state index contributed by atoms with van der Waals surface area (Å²) in [6, 6.07) is 2.58. The number of nitrogens with zero attached hydrogens (tertiary/aromatic N) is 2. The predicted octanol–water partition coefficient (Wildman–Crippen LogP) is 2.17. The molecule has 0 amide bonds. The van der Waals surface area contributed by atoms with Crippen molar-refractivity contribution >= 4 is 17.3 Å². The van der Waals surface area contributed by atoms with E-state index in [0.717, 1.165) is 6.07 Å². The summed E-state index contributed by atoms with van der Waals surface area (Å²) in [4.78, 5) is 3.56. The Balaban J connectivity index is 3.23.